The second-order valence-corrected chi connectivity index (χ2v) is 8.14. The molecule has 0 bridgehead atoms. The fraction of sp³-hybridized carbons (Fsp3) is 0.562. The summed E-state index contributed by atoms with van der Waals surface area (Å²) in [6.45, 7) is 11.6. The maximum atomic E-state index is 4.32. The van der Waals surface area contributed by atoms with Gasteiger partial charge in [-0.3, -0.25) is 4.90 Å². The third-order valence-corrected chi connectivity index (χ3v) is 5.47. The van der Waals surface area contributed by atoms with Gasteiger partial charge in [-0.05, 0) is 32.5 Å². The molecule has 1 N–H and O–H groups in total. The number of aromatic nitrogens is 1. The van der Waals surface area contributed by atoms with E-state index in [9.17, 15) is 0 Å². The van der Waals surface area contributed by atoms with Gasteiger partial charge in [0.05, 0.1) is 11.2 Å². The summed E-state index contributed by atoms with van der Waals surface area (Å²) in [6.07, 6.45) is 0. The van der Waals surface area contributed by atoms with Crippen molar-refractivity contribution in [2.45, 2.75) is 53.4 Å². The van der Waals surface area contributed by atoms with Gasteiger partial charge < -0.3 is 5.32 Å². The standard InChI is InChI=1S/C16H25N3S2/c1-11(2)17-7-15-6-14(13(4)21-15)8-19(5)9-16-12(3)18-10-20-16/h6,10-11,17H,7-9H2,1-5H3. The molecule has 0 unspecified atom stereocenters. The van der Waals surface area contributed by atoms with Gasteiger partial charge in [0, 0.05) is 40.3 Å². The molecule has 2 aromatic rings. The van der Waals surface area contributed by atoms with Crippen LogP contribution < -0.4 is 5.32 Å². The van der Waals surface area contributed by atoms with Crippen molar-refractivity contribution in [3.63, 3.8) is 0 Å². The fourth-order valence-electron chi connectivity index (χ4n) is 2.21. The minimum Gasteiger partial charge on any atom is -0.310 e. The van der Waals surface area contributed by atoms with Gasteiger partial charge in [0.1, 0.15) is 0 Å². The molecule has 0 radical (unpaired) electrons. The zero-order valence-corrected chi connectivity index (χ0v) is 15.2. The highest BCUT2D eigenvalue weighted by Crippen LogP contribution is 2.24. The van der Waals surface area contributed by atoms with Gasteiger partial charge in [-0.25, -0.2) is 4.98 Å². The van der Waals surface area contributed by atoms with E-state index in [1.54, 1.807) is 11.3 Å². The largest absolute Gasteiger partial charge is 0.310 e. The Morgan fingerprint density at radius 2 is 2.05 bits per heavy atom. The first-order valence-electron chi connectivity index (χ1n) is 7.34. The zero-order chi connectivity index (χ0) is 15.4. The van der Waals surface area contributed by atoms with E-state index in [1.807, 2.05) is 16.8 Å². The molecule has 0 spiro atoms. The summed E-state index contributed by atoms with van der Waals surface area (Å²) in [6, 6.07) is 2.89. The molecular formula is C16H25N3S2. The van der Waals surface area contributed by atoms with Crippen LogP contribution in [0.25, 0.3) is 0 Å². The topological polar surface area (TPSA) is 28.2 Å². The van der Waals surface area contributed by atoms with Crippen LogP contribution in [-0.2, 0) is 19.6 Å². The quantitative estimate of drug-likeness (QED) is 0.836. The summed E-state index contributed by atoms with van der Waals surface area (Å²) in [5, 5.41) is 3.49. The summed E-state index contributed by atoms with van der Waals surface area (Å²) < 4.78 is 0. The van der Waals surface area contributed by atoms with Gasteiger partial charge in [-0.15, -0.1) is 22.7 Å². The average molecular weight is 324 g/mol. The lowest BCUT2D eigenvalue weighted by Gasteiger charge is -2.15. The highest BCUT2D eigenvalue weighted by atomic mass is 32.1. The lowest BCUT2D eigenvalue weighted by molar-refractivity contribution is 0.321. The molecule has 0 atom stereocenters. The fourth-order valence-corrected chi connectivity index (χ4v) is 4.07. The van der Waals surface area contributed by atoms with Gasteiger partial charge >= 0.3 is 0 Å². The number of aryl methyl sites for hydroxylation is 2. The first-order chi connectivity index (χ1) is 9.95. The summed E-state index contributed by atoms with van der Waals surface area (Å²) in [7, 11) is 2.18. The molecule has 0 aliphatic heterocycles. The molecule has 2 rings (SSSR count). The monoisotopic (exact) mass is 323 g/mol. The summed E-state index contributed by atoms with van der Waals surface area (Å²) in [5.74, 6) is 0. The van der Waals surface area contributed by atoms with E-state index >= 15 is 0 Å². The smallest absolute Gasteiger partial charge is 0.0798 e. The van der Waals surface area contributed by atoms with Crippen molar-refractivity contribution in [1.29, 1.82) is 0 Å². The minimum absolute atomic E-state index is 0.535. The predicted molar refractivity (Wildman–Crippen MR) is 93.1 cm³/mol. The molecule has 3 nitrogen and oxygen atoms in total. The SMILES string of the molecule is Cc1ncsc1CN(C)Cc1cc(CNC(C)C)sc1C. The first-order valence-corrected chi connectivity index (χ1v) is 9.04. The molecule has 0 aliphatic carbocycles. The maximum absolute atomic E-state index is 4.32. The highest BCUT2D eigenvalue weighted by Gasteiger charge is 2.10. The molecule has 0 amide bonds. The molecule has 116 valence electrons. The van der Waals surface area contributed by atoms with Crippen LogP contribution in [0.5, 0.6) is 0 Å². The van der Waals surface area contributed by atoms with E-state index < -0.39 is 0 Å². The van der Waals surface area contributed by atoms with Crippen molar-refractivity contribution < 1.29 is 0 Å². The Morgan fingerprint density at radius 3 is 2.67 bits per heavy atom. The molecule has 21 heavy (non-hydrogen) atoms. The van der Waals surface area contributed by atoms with Crippen molar-refractivity contribution >= 4 is 22.7 Å². The molecule has 0 fully saturated rings. The van der Waals surface area contributed by atoms with E-state index in [1.165, 1.54) is 20.2 Å². The summed E-state index contributed by atoms with van der Waals surface area (Å²) in [5.41, 5.74) is 4.55. The van der Waals surface area contributed by atoms with Crippen molar-refractivity contribution in [1.82, 2.24) is 15.2 Å². The van der Waals surface area contributed by atoms with Crippen LogP contribution in [-0.4, -0.2) is 23.0 Å². The van der Waals surface area contributed by atoms with Crippen molar-refractivity contribution in [2.24, 2.45) is 0 Å². The van der Waals surface area contributed by atoms with Crippen LogP contribution >= 0.6 is 22.7 Å². The van der Waals surface area contributed by atoms with Crippen LogP contribution in [0.4, 0.5) is 0 Å². The number of nitrogens with one attached hydrogen (secondary N) is 1. The number of thiophene rings is 1. The average Bonchev–Trinajstić information content (AvgIpc) is 2.95. The van der Waals surface area contributed by atoms with Gasteiger partial charge in [0.25, 0.3) is 0 Å². The van der Waals surface area contributed by atoms with Crippen LogP contribution in [0.3, 0.4) is 0 Å². The number of nitrogens with zero attached hydrogens (tertiary/aromatic N) is 2. The number of hydrogen-bond donors (Lipinski definition) is 1. The third kappa shape index (κ3) is 4.88. The summed E-state index contributed by atoms with van der Waals surface area (Å²) >= 11 is 3.66. The van der Waals surface area contributed by atoms with Gasteiger partial charge in [-0.2, -0.15) is 0 Å². The van der Waals surface area contributed by atoms with E-state index in [2.05, 4.69) is 56.0 Å². The van der Waals surface area contributed by atoms with E-state index in [-0.39, 0.29) is 0 Å². The van der Waals surface area contributed by atoms with Crippen LogP contribution in [0.1, 0.15) is 39.7 Å². The molecular weight excluding hydrogens is 298 g/mol. The Balaban J connectivity index is 1.94. The Morgan fingerprint density at radius 1 is 1.29 bits per heavy atom. The number of rotatable bonds is 7. The Kier molecular flexibility index (Phi) is 5.93. The van der Waals surface area contributed by atoms with E-state index in [4.69, 9.17) is 0 Å². The second kappa shape index (κ2) is 7.49. The Labute approximate surface area is 136 Å². The normalized spacial score (nSPS) is 11.8. The molecule has 2 heterocycles. The number of hydrogen-bond acceptors (Lipinski definition) is 5. The maximum Gasteiger partial charge on any atom is 0.0798 e. The predicted octanol–water partition coefficient (Wildman–Crippen LogP) is 3.95. The lowest BCUT2D eigenvalue weighted by Crippen LogP contribution is -2.21. The van der Waals surface area contributed by atoms with E-state index in [0.717, 1.165) is 25.3 Å². The number of thiazole rings is 1. The highest BCUT2D eigenvalue weighted by molar-refractivity contribution is 7.12. The molecule has 2 aromatic heterocycles. The first kappa shape index (κ1) is 16.6. The van der Waals surface area contributed by atoms with Gasteiger partial charge in [0.15, 0.2) is 0 Å². The molecule has 0 saturated carbocycles. The van der Waals surface area contributed by atoms with Gasteiger partial charge in [0.2, 0.25) is 0 Å². The third-order valence-electron chi connectivity index (χ3n) is 3.45. The lowest BCUT2D eigenvalue weighted by atomic mass is 10.2. The van der Waals surface area contributed by atoms with Crippen molar-refractivity contribution in [3.8, 4) is 0 Å². The van der Waals surface area contributed by atoms with Crippen molar-refractivity contribution in [2.75, 3.05) is 7.05 Å². The van der Waals surface area contributed by atoms with Crippen LogP contribution in [0.15, 0.2) is 11.6 Å². The molecule has 0 aromatic carbocycles. The van der Waals surface area contributed by atoms with Crippen LogP contribution in [0, 0.1) is 13.8 Å². The van der Waals surface area contributed by atoms with Gasteiger partial charge in [-0.1, -0.05) is 13.8 Å². The zero-order valence-electron chi connectivity index (χ0n) is 13.6. The van der Waals surface area contributed by atoms with Crippen LogP contribution in [0.2, 0.25) is 0 Å². The minimum atomic E-state index is 0.535. The van der Waals surface area contributed by atoms with E-state index in [0.29, 0.717) is 6.04 Å². The molecule has 5 heteroatoms. The molecule has 0 saturated heterocycles. The Hall–Kier alpha value is -0.750. The Bertz CT molecular complexity index is 572. The second-order valence-electron chi connectivity index (χ2n) is 5.86. The van der Waals surface area contributed by atoms with Crippen molar-refractivity contribution in [3.05, 3.63) is 37.5 Å². The molecule has 0 aliphatic rings. The summed E-state index contributed by atoms with van der Waals surface area (Å²) in [4.78, 5) is 10.9.